The van der Waals surface area contributed by atoms with E-state index in [0.717, 1.165) is 5.56 Å². The van der Waals surface area contributed by atoms with Crippen molar-refractivity contribution < 1.29 is 13.7 Å². The summed E-state index contributed by atoms with van der Waals surface area (Å²) < 4.78 is 10.3. The summed E-state index contributed by atoms with van der Waals surface area (Å²) in [6, 6.07) is 8.68. The summed E-state index contributed by atoms with van der Waals surface area (Å²) in [6.45, 7) is 0. The maximum atomic E-state index is 11.8. The molecule has 21 heavy (non-hydrogen) atoms. The van der Waals surface area contributed by atoms with E-state index in [4.69, 9.17) is 8.94 Å². The molecule has 6 heteroatoms. The number of nitrogens with zero attached hydrogens (tertiary/aromatic N) is 2. The predicted molar refractivity (Wildman–Crippen MR) is 76.1 cm³/mol. The van der Waals surface area contributed by atoms with E-state index in [2.05, 4.69) is 15.5 Å². The van der Waals surface area contributed by atoms with Crippen LogP contribution in [-0.2, 0) is 4.79 Å². The van der Waals surface area contributed by atoms with E-state index >= 15 is 0 Å². The van der Waals surface area contributed by atoms with E-state index in [9.17, 15) is 4.79 Å². The lowest BCUT2D eigenvalue weighted by molar-refractivity contribution is -0.111. The number of amides is 1. The van der Waals surface area contributed by atoms with Gasteiger partial charge in [-0.15, -0.1) is 0 Å². The molecule has 3 aromatic heterocycles. The molecular formula is C15H11N3O3. The van der Waals surface area contributed by atoms with Crippen molar-refractivity contribution in [2.75, 3.05) is 5.32 Å². The van der Waals surface area contributed by atoms with Crippen molar-refractivity contribution in [2.24, 2.45) is 0 Å². The fraction of sp³-hybridized carbons (Fsp3) is 0. The lowest BCUT2D eigenvalue weighted by atomic mass is 10.2. The number of pyridine rings is 1. The average Bonchev–Trinajstić information content (AvgIpc) is 3.17. The van der Waals surface area contributed by atoms with E-state index in [-0.39, 0.29) is 5.91 Å². The van der Waals surface area contributed by atoms with Crippen LogP contribution in [0.4, 0.5) is 5.82 Å². The molecule has 6 nitrogen and oxygen atoms in total. The molecule has 0 saturated carbocycles. The normalized spacial score (nSPS) is 10.9. The van der Waals surface area contributed by atoms with Crippen LogP contribution in [-0.4, -0.2) is 16.0 Å². The quantitative estimate of drug-likeness (QED) is 0.743. The average molecular weight is 281 g/mol. The fourth-order valence-corrected chi connectivity index (χ4v) is 1.68. The van der Waals surface area contributed by atoms with Gasteiger partial charge in [-0.3, -0.25) is 9.78 Å². The van der Waals surface area contributed by atoms with Crippen LogP contribution < -0.4 is 5.32 Å². The molecule has 0 bridgehead atoms. The van der Waals surface area contributed by atoms with Crippen LogP contribution in [0.15, 0.2) is 64.0 Å². The number of furan rings is 1. The zero-order valence-corrected chi connectivity index (χ0v) is 10.9. The van der Waals surface area contributed by atoms with Crippen LogP contribution in [0.25, 0.3) is 17.6 Å². The highest BCUT2D eigenvalue weighted by molar-refractivity contribution is 6.01. The molecule has 104 valence electrons. The van der Waals surface area contributed by atoms with Crippen LogP contribution in [0, 0.1) is 0 Å². The summed E-state index contributed by atoms with van der Waals surface area (Å²) in [5.74, 6) is 1.03. The van der Waals surface area contributed by atoms with Crippen molar-refractivity contribution in [2.45, 2.75) is 0 Å². The summed E-state index contributed by atoms with van der Waals surface area (Å²) in [7, 11) is 0. The Bertz CT molecular complexity index is 746. The second-order valence-electron chi connectivity index (χ2n) is 4.16. The number of aromatic nitrogens is 2. The Balaban J connectivity index is 1.64. The van der Waals surface area contributed by atoms with Crippen LogP contribution in [0.2, 0.25) is 0 Å². The van der Waals surface area contributed by atoms with Crippen LogP contribution in [0.3, 0.4) is 0 Å². The number of hydrogen-bond donors (Lipinski definition) is 1. The highest BCUT2D eigenvalue weighted by Crippen LogP contribution is 2.22. The molecule has 3 aromatic rings. The number of carbonyl (C=O) groups excluding carboxylic acids is 1. The third kappa shape index (κ3) is 3.24. The Morgan fingerprint density at radius 2 is 2.05 bits per heavy atom. The van der Waals surface area contributed by atoms with E-state index < -0.39 is 0 Å². The molecule has 0 atom stereocenters. The first kappa shape index (κ1) is 12.9. The summed E-state index contributed by atoms with van der Waals surface area (Å²) >= 11 is 0. The fourth-order valence-electron chi connectivity index (χ4n) is 1.68. The van der Waals surface area contributed by atoms with Crippen LogP contribution in [0.1, 0.15) is 5.56 Å². The number of nitrogens with one attached hydrogen (secondary N) is 1. The predicted octanol–water partition coefficient (Wildman–Crippen LogP) is 2.98. The molecule has 0 aliphatic carbocycles. The van der Waals surface area contributed by atoms with Gasteiger partial charge in [0.25, 0.3) is 0 Å². The van der Waals surface area contributed by atoms with Gasteiger partial charge in [0.2, 0.25) is 11.7 Å². The smallest absolute Gasteiger partial charge is 0.249 e. The first-order valence-corrected chi connectivity index (χ1v) is 6.21. The SMILES string of the molecule is O=C(/C=C\c1ccncc1)Nc1cc(-c2ccco2)on1. The molecule has 1 N–H and O–H groups in total. The third-order valence-corrected chi connectivity index (χ3v) is 2.66. The lowest BCUT2D eigenvalue weighted by Gasteiger charge is -1.94. The molecular weight excluding hydrogens is 270 g/mol. The van der Waals surface area contributed by atoms with E-state index in [1.54, 1.807) is 48.8 Å². The second kappa shape index (κ2) is 5.87. The minimum atomic E-state index is -0.300. The third-order valence-electron chi connectivity index (χ3n) is 2.66. The Morgan fingerprint density at radius 1 is 1.19 bits per heavy atom. The Morgan fingerprint density at radius 3 is 2.81 bits per heavy atom. The van der Waals surface area contributed by atoms with Gasteiger partial charge in [-0.1, -0.05) is 5.16 Å². The standard InChI is InChI=1S/C15H11N3O3/c19-15(4-3-11-5-7-16-8-6-11)17-14-10-13(21-18-14)12-2-1-9-20-12/h1-10H,(H,17,18,19)/b4-3-. The van der Waals surface area contributed by atoms with Crippen molar-refractivity contribution in [1.82, 2.24) is 10.1 Å². The molecule has 0 saturated heterocycles. The Hall–Kier alpha value is -3.15. The molecule has 1 amide bonds. The topological polar surface area (TPSA) is 81.2 Å². The number of hydrogen-bond acceptors (Lipinski definition) is 5. The molecule has 0 aromatic carbocycles. The number of carbonyl (C=O) groups is 1. The molecule has 0 unspecified atom stereocenters. The van der Waals surface area contributed by atoms with Gasteiger partial charge < -0.3 is 14.3 Å². The van der Waals surface area contributed by atoms with Gasteiger partial charge in [-0.25, -0.2) is 0 Å². The minimum Gasteiger partial charge on any atom is -0.461 e. The van der Waals surface area contributed by atoms with Crippen molar-refractivity contribution in [3.05, 3.63) is 60.6 Å². The zero-order valence-electron chi connectivity index (χ0n) is 10.9. The molecule has 3 rings (SSSR count). The number of rotatable bonds is 4. The highest BCUT2D eigenvalue weighted by atomic mass is 16.5. The van der Waals surface area contributed by atoms with Gasteiger partial charge in [-0.05, 0) is 35.9 Å². The maximum Gasteiger partial charge on any atom is 0.249 e. The molecule has 0 radical (unpaired) electrons. The van der Waals surface area contributed by atoms with E-state index in [1.807, 2.05) is 0 Å². The molecule has 0 aliphatic rings. The molecule has 3 heterocycles. The first-order valence-electron chi connectivity index (χ1n) is 6.21. The summed E-state index contributed by atoms with van der Waals surface area (Å²) in [4.78, 5) is 15.7. The molecule has 0 spiro atoms. The molecule has 0 aliphatic heterocycles. The first-order chi connectivity index (χ1) is 10.3. The van der Waals surface area contributed by atoms with E-state index in [0.29, 0.717) is 17.3 Å². The highest BCUT2D eigenvalue weighted by Gasteiger charge is 2.09. The van der Waals surface area contributed by atoms with Gasteiger partial charge >= 0.3 is 0 Å². The van der Waals surface area contributed by atoms with Gasteiger partial charge in [0.05, 0.1) is 6.26 Å². The van der Waals surface area contributed by atoms with Crippen molar-refractivity contribution >= 4 is 17.8 Å². The van der Waals surface area contributed by atoms with Crippen molar-refractivity contribution in [3.8, 4) is 11.5 Å². The van der Waals surface area contributed by atoms with Gasteiger partial charge in [0.1, 0.15) is 0 Å². The van der Waals surface area contributed by atoms with Gasteiger partial charge in [0.15, 0.2) is 11.6 Å². The Labute approximate surface area is 120 Å². The Kier molecular flexibility index (Phi) is 3.60. The minimum absolute atomic E-state index is 0.300. The lowest BCUT2D eigenvalue weighted by Crippen LogP contribution is -2.07. The summed E-state index contributed by atoms with van der Waals surface area (Å²) in [5.41, 5.74) is 0.886. The summed E-state index contributed by atoms with van der Waals surface area (Å²) in [5, 5.41) is 6.36. The van der Waals surface area contributed by atoms with Gasteiger partial charge in [0, 0.05) is 24.5 Å². The molecule has 0 fully saturated rings. The monoisotopic (exact) mass is 281 g/mol. The van der Waals surface area contributed by atoms with Crippen molar-refractivity contribution in [3.63, 3.8) is 0 Å². The maximum absolute atomic E-state index is 11.8. The summed E-state index contributed by atoms with van der Waals surface area (Å²) in [6.07, 6.45) is 7.95. The largest absolute Gasteiger partial charge is 0.461 e. The van der Waals surface area contributed by atoms with E-state index in [1.165, 1.54) is 12.3 Å². The number of anilines is 1. The van der Waals surface area contributed by atoms with Gasteiger partial charge in [-0.2, -0.15) is 0 Å². The van der Waals surface area contributed by atoms with Crippen LogP contribution >= 0.6 is 0 Å². The van der Waals surface area contributed by atoms with Crippen LogP contribution in [0.5, 0.6) is 0 Å². The zero-order chi connectivity index (χ0) is 14.5. The van der Waals surface area contributed by atoms with Crippen molar-refractivity contribution in [1.29, 1.82) is 0 Å². The second-order valence-corrected chi connectivity index (χ2v) is 4.16.